The lowest BCUT2D eigenvalue weighted by Gasteiger charge is -2.28. The van der Waals surface area contributed by atoms with Crippen molar-refractivity contribution in [2.75, 3.05) is 48.9 Å². The maximum Gasteiger partial charge on any atom is 0.323 e. The molecule has 0 atom stereocenters. The van der Waals surface area contributed by atoms with Gasteiger partial charge in [-0.3, -0.25) is 0 Å². The van der Waals surface area contributed by atoms with Gasteiger partial charge < -0.3 is 25.0 Å². The number of morpholine rings is 1. The number of rotatable bonds is 4. The van der Waals surface area contributed by atoms with Crippen molar-refractivity contribution < 1.29 is 14.3 Å². The number of nitrogens with zero attached hydrogens (tertiary/aromatic N) is 3. The number of nitrogens with one attached hydrogen (secondary N) is 2. The minimum Gasteiger partial charge on any atom is -0.478 e. The lowest BCUT2D eigenvalue weighted by atomic mass is 10.2. The Balaban J connectivity index is 1.57. The molecule has 29 heavy (non-hydrogen) atoms. The van der Waals surface area contributed by atoms with Crippen molar-refractivity contribution in [2.45, 2.75) is 0 Å². The summed E-state index contributed by atoms with van der Waals surface area (Å²) >= 11 is 3.42. The van der Waals surface area contributed by atoms with Gasteiger partial charge in [0, 0.05) is 23.2 Å². The number of carbonyl (C=O) groups excluding carboxylic acids is 1. The van der Waals surface area contributed by atoms with Crippen LogP contribution in [0.25, 0.3) is 11.0 Å². The highest BCUT2D eigenvalue weighted by molar-refractivity contribution is 9.10. The summed E-state index contributed by atoms with van der Waals surface area (Å²) in [7, 11) is 1.59. The molecule has 2 N–H and O–H groups in total. The monoisotopic (exact) mass is 457 g/mol. The molecule has 2 amide bonds. The molecular weight excluding hydrogens is 438 g/mol. The Morgan fingerprint density at radius 1 is 1.10 bits per heavy atom. The van der Waals surface area contributed by atoms with Gasteiger partial charge in [0.25, 0.3) is 5.88 Å². The number of anilines is 3. The quantitative estimate of drug-likeness (QED) is 0.617. The van der Waals surface area contributed by atoms with Crippen LogP contribution >= 0.6 is 15.9 Å². The molecule has 8 nitrogen and oxygen atoms in total. The van der Waals surface area contributed by atoms with Crippen LogP contribution in [0, 0.1) is 0 Å². The molecule has 2 heterocycles. The molecule has 1 saturated heterocycles. The Kier molecular flexibility index (Phi) is 5.77. The van der Waals surface area contributed by atoms with Gasteiger partial charge >= 0.3 is 6.03 Å². The van der Waals surface area contributed by atoms with Gasteiger partial charge in [-0.2, -0.15) is 0 Å². The third-order valence-electron chi connectivity index (χ3n) is 4.50. The van der Waals surface area contributed by atoms with E-state index < -0.39 is 0 Å². The van der Waals surface area contributed by atoms with Gasteiger partial charge in [0.05, 0.1) is 37.0 Å². The molecule has 0 radical (unpaired) electrons. The minimum atomic E-state index is -0.342. The van der Waals surface area contributed by atoms with E-state index in [0.29, 0.717) is 47.3 Å². The van der Waals surface area contributed by atoms with Gasteiger partial charge in [0.2, 0.25) is 0 Å². The molecule has 0 aliphatic carbocycles. The number of urea groups is 1. The number of para-hydroxylation sites is 1. The van der Waals surface area contributed by atoms with Crippen LogP contribution in [0.3, 0.4) is 0 Å². The van der Waals surface area contributed by atoms with Crippen LogP contribution in [-0.2, 0) is 4.74 Å². The maximum atomic E-state index is 12.4. The maximum absolute atomic E-state index is 12.4. The Bertz CT molecular complexity index is 1040. The standard InChI is InChI=1S/C20H20BrN5O3/c1-28-19-18(26-8-10-29-11-9-26)23-17-12-13(6-7-16(17)24-19)22-20(27)25-15-5-3-2-4-14(15)21/h2-7,12H,8-11H2,1H3,(H2,22,25,27). The van der Waals surface area contributed by atoms with Crippen LogP contribution in [-0.4, -0.2) is 49.4 Å². The average Bonchev–Trinajstić information content (AvgIpc) is 2.75. The predicted octanol–water partition coefficient (Wildman–Crippen LogP) is 3.88. The second-order valence-electron chi connectivity index (χ2n) is 6.42. The molecule has 1 aliphatic heterocycles. The zero-order valence-corrected chi connectivity index (χ0v) is 17.4. The second kappa shape index (κ2) is 8.62. The van der Waals surface area contributed by atoms with Crippen molar-refractivity contribution in [1.82, 2.24) is 9.97 Å². The van der Waals surface area contributed by atoms with E-state index in [-0.39, 0.29) is 6.03 Å². The molecule has 0 unspecified atom stereocenters. The lowest BCUT2D eigenvalue weighted by Crippen LogP contribution is -2.37. The molecule has 3 aromatic rings. The van der Waals surface area contributed by atoms with E-state index in [1.165, 1.54) is 0 Å². The molecule has 1 aromatic heterocycles. The van der Waals surface area contributed by atoms with Gasteiger partial charge in [0.1, 0.15) is 0 Å². The van der Waals surface area contributed by atoms with Crippen LogP contribution in [0.5, 0.6) is 5.88 Å². The topological polar surface area (TPSA) is 88.6 Å². The summed E-state index contributed by atoms with van der Waals surface area (Å²) < 4.78 is 11.7. The van der Waals surface area contributed by atoms with Crippen molar-refractivity contribution in [1.29, 1.82) is 0 Å². The molecule has 0 spiro atoms. The molecule has 2 aromatic carbocycles. The van der Waals surface area contributed by atoms with Crippen LogP contribution < -0.4 is 20.3 Å². The van der Waals surface area contributed by atoms with Crippen LogP contribution in [0.4, 0.5) is 22.0 Å². The van der Waals surface area contributed by atoms with Crippen LogP contribution in [0.15, 0.2) is 46.9 Å². The van der Waals surface area contributed by atoms with E-state index in [4.69, 9.17) is 14.5 Å². The first kappa shape index (κ1) is 19.4. The van der Waals surface area contributed by atoms with Gasteiger partial charge in [-0.05, 0) is 46.3 Å². The third-order valence-corrected chi connectivity index (χ3v) is 5.19. The Hall–Kier alpha value is -2.91. The average molecular weight is 458 g/mol. The predicted molar refractivity (Wildman–Crippen MR) is 116 cm³/mol. The summed E-state index contributed by atoms with van der Waals surface area (Å²) in [6.07, 6.45) is 0. The first-order valence-corrected chi connectivity index (χ1v) is 9.94. The normalized spacial score (nSPS) is 13.9. The number of methoxy groups -OCH3 is 1. The smallest absolute Gasteiger partial charge is 0.323 e. The van der Waals surface area contributed by atoms with Crippen molar-refractivity contribution in [3.63, 3.8) is 0 Å². The number of aromatic nitrogens is 2. The summed E-state index contributed by atoms with van der Waals surface area (Å²) in [4.78, 5) is 23.8. The number of ether oxygens (including phenoxy) is 2. The van der Waals surface area contributed by atoms with Crippen LogP contribution in [0.2, 0.25) is 0 Å². The fraction of sp³-hybridized carbons (Fsp3) is 0.250. The third kappa shape index (κ3) is 4.41. The zero-order chi connectivity index (χ0) is 20.2. The van der Waals surface area contributed by atoms with Gasteiger partial charge in [-0.25, -0.2) is 14.8 Å². The number of hydrogen-bond donors (Lipinski definition) is 2. The van der Waals surface area contributed by atoms with Crippen LogP contribution in [0.1, 0.15) is 0 Å². The summed E-state index contributed by atoms with van der Waals surface area (Å²) in [5.74, 6) is 1.16. The van der Waals surface area contributed by atoms with E-state index in [0.717, 1.165) is 17.6 Å². The Labute approximate surface area is 176 Å². The molecular formula is C20H20BrN5O3. The van der Waals surface area contributed by atoms with E-state index in [2.05, 4.69) is 36.4 Å². The molecule has 4 rings (SSSR count). The van der Waals surface area contributed by atoms with Crippen molar-refractivity contribution >= 4 is 50.2 Å². The zero-order valence-electron chi connectivity index (χ0n) is 15.8. The number of benzene rings is 2. The highest BCUT2D eigenvalue weighted by Gasteiger charge is 2.19. The molecule has 9 heteroatoms. The summed E-state index contributed by atoms with van der Waals surface area (Å²) in [6.45, 7) is 2.73. The largest absolute Gasteiger partial charge is 0.478 e. The number of halogens is 1. The fourth-order valence-corrected chi connectivity index (χ4v) is 3.46. The van der Waals surface area contributed by atoms with E-state index in [1.54, 1.807) is 19.2 Å². The summed E-state index contributed by atoms with van der Waals surface area (Å²) in [6, 6.07) is 12.5. The SMILES string of the molecule is COc1nc2ccc(NC(=O)Nc3ccccc3Br)cc2nc1N1CCOCC1. The van der Waals surface area contributed by atoms with E-state index in [1.807, 2.05) is 30.3 Å². The van der Waals surface area contributed by atoms with Gasteiger partial charge in [0.15, 0.2) is 5.82 Å². The first-order chi connectivity index (χ1) is 14.1. The number of fused-ring (bicyclic) bond motifs is 1. The highest BCUT2D eigenvalue weighted by Crippen LogP contribution is 2.29. The highest BCUT2D eigenvalue weighted by atomic mass is 79.9. The second-order valence-corrected chi connectivity index (χ2v) is 7.27. The molecule has 0 bridgehead atoms. The Morgan fingerprint density at radius 2 is 1.90 bits per heavy atom. The lowest BCUT2D eigenvalue weighted by molar-refractivity contribution is 0.122. The minimum absolute atomic E-state index is 0.342. The van der Waals surface area contributed by atoms with E-state index in [9.17, 15) is 4.79 Å². The van der Waals surface area contributed by atoms with Gasteiger partial charge in [-0.15, -0.1) is 0 Å². The number of amides is 2. The van der Waals surface area contributed by atoms with Gasteiger partial charge in [-0.1, -0.05) is 12.1 Å². The molecule has 1 fully saturated rings. The first-order valence-electron chi connectivity index (χ1n) is 9.15. The fourth-order valence-electron chi connectivity index (χ4n) is 3.07. The van der Waals surface area contributed by atoms with Crippen molar-refractivity contribution in [3.8, 4) is 5.88 Å². The molecule has 150 valence electrons. The van der Waals surface area contributed by atoms with Crippen molar-refractivity contribution in [2.24, 2.45) is 0 Å². The number of carbonyl (C=O) groups is 1. The van der Waals surface area contributed by atoms with Crippen molar-refractivity contribution in [3.05, 3.63) is 46.9 Å². The summed E-state index contributed by atoms with van der Waals surface area (Å²) in [5.41, 5.74) is 2.67. The number of hydrogen-bond acceptors (Lipinski definition) is 6. The summed E-state index contributed by atoms with van der Waals surface area (Å²) in [5, 5.41) is 5.65. The van der Waals surface area contributed by atoms with E-state index >= 15 is 0 Å². The Morgan fingerprint density at radius 3 is 2.66 bits per heavy atom. The molecule has 1 aliphatic rings. The molecule has 0 saturated carbocycles.